The first-order chi connectivity index (χ1) is 28.4. The molecule has 3 fully saturated rings. The highest BCUT2D eigenvalue weighted by atomic mass is 32.2. The van der Waals surface area contributed by atoms with Crippen LogP contribution in [0.3, 0.4) is 0 Å². The monoisotopic (exact) mass is 851 g/mol. The number of fused-ring (bicyclic) bond motifs is 2. The second-order valence-corrected chi connectivity index (χ2v) is 16.4. The molecule has 316 valence electrons. The van der Waals surface area contributed by atoms with Crippen molar-refractivity contribution in [2.45, 2.75) is 37.5 Å². The number of halogens is 3. The first-order valence-corrected chi connectivity index (χ1v) is 20.8. The Balaban J connectivity index is 0.000000716. The quantitative estimate of drug-likeness (QED) is 0.169. The molecule has 4 amide bonds. The average Bonchev–Trinajstić information content (AvgIpc) is 3.42. The normalized spacial score (nSPS) is 18.7. The van der Waals surface area contributed by atoms with E-state index in [9.17, 15) is 40.8 Å². The molecule has 3 aromatic carbocycles. The number of imide groups is 2. The number of para-hydroxylation sites is 1. The van der Waals surface area contributed by atoms with Gasteiger partial charge in [-0.05, 0) is 60.9 Å². The SMILES string of the molecule is CS(=O)(=O)Nc1ccc(CCNc2nc(N3CCN(C4CN(c5ccc6c(c5)C(=O)N(C5CCC(=O)NC5=O)C6=O)C4)CC3)nc3ccccc23)cc1.O=C(O)C(F)(F)F. The Hall–Kier alpha value is -6.35. The van der Waals surface area contributed by atoms with Crippen LogP contribution in [0.1, 0.15) is 39.1 Å². The van der Waals surface area contributed by atoms with Crippen LogP contribution < -0.4 is 25.2 Å². The third kappa shape index (κ3) is 9.26. The van der Waals surface area contributed by atoms with Crippen molar-refractivity contribution in [1.29, 1.82) is 0 Å². The van der Waals surface area contributed by atoms with E-state index < -0.39 is 51.8 Å². The van der Waals surface area contributed by atoms with E-state index in [2.05, 4.69) is 30.1 Å². The van der Waals surface area contributed by atoms with E-state index in [1.165, 1.54) is 0 Å². The van der Waals surface area contributed by atoms with Crippen LogP contribution in [0, 0.1) is 0 Å². The molecule has 1 aromatic heterocycles. The van der Waals surface area contributed by atoms with Gasteiger partial charge in [0.05, 0.1) is 22.9 Å². The predicted molar refractivity (Wildman–Crippen MR) is 213 cm³/mol. The molecule has 5 heterocycles. The second kappa shape index (κ2) is 16.7. The van der Waals surface area contributed by atoms with Crippen molar-refractivity contribution in [3.63, 3.8) is 0 Å². The van der Waals surface area contributed by atoms with Crippen LogP contribution in [-0.4, -0.2) is 133 Å². The van der Waals surface area contributed by atoms with Gasteiger partial charge in [-0.2, -0.15) is 18.2 Å². The Labute approximate surface area is 341 Å². The van der Waals surface area contributed by atoms with Crippen LogP contribution in [0.15, 0.2) is 66.7 Å². The number of alkyl halides is 3. The Kier molecular flexibility index (Phi) is 11.6. The lowest BCUT2D eigenvalue weighted by molar-refractivity contribution is -0.192. The van der Waals surface area contributed by atoms with Gasteiger partial charge in [-0.1, -0.05) is 24.3 Å². The summed E-state index contributed by atoms with van der Waals surface area (Å²) in [7, 11) is -3.33. The number of nitrogens with zero attached hydrogens (tertiary/aromatic N) is 6. The number of benzene rings is 3. The molecule has 0 bridgehead atoms. The topological polar surface area (TPSA) is 215 Å². The van der Waals surface area contributed by atoms with E-state index in [4.69, 9.17) is 19.9 Å². The minimum Gasteiger partial charge on any atom is -0.475 e. The maximum atomic E-state index is 13.3. The molecule has 0 aliphatic carbocycles. The van der Waals surface area contributed by atoms with E-state index in [0.717, 1.165) is 84.8 Å². The van der Waals surface area contributed by atoms with Crippen molar-refractivity contribution >= 4 is 73.7 Å². The Morgan fingerprint density at radius 1 is 0.900 bits per heavy atom. The molecule has 3 saturated heterocycles. The fraction of sp³-hybridized carbons (Fsp3) is 0.359. The molecule has 17 nitrogen and oxygen atoms in total. The summed E-state index contributed by atoms with van der Waals surface area (Å²) in [5, 5.41) is 13.8. The number of piperidine rings is 1. The van der Waals surface area contributed by atoms with Crippen LogP contribution in [-0.2, 0) is 30.8 Å². The minimum atomic E-state index is -5.08. The third-order valence-corrected chi connectivity index (χ3v) is 11.2. The molecular weight excluding hydrogens is 812 g/mol. The number of nitrogens with one attached hydrogen (secondary N) is 3. The van der Waals surface area contributed by atoms with Crippen molar-refractivity contribution in [2.75, 3.05) is 71.9 Å². The van der Waals surface area contributed by atoms with Gasteiger partial charge in [-0.15, -0.1) is 0 Å². The number of amides is 4. The van der Waals surface area contributed by atoms with Gasteiger partial charge in [-0.25, -0.2) is 18.2 Å². The largest absolute Gasteiger partial charge is 0.490 e. The number of carbonyl (C=O) groups is 5. The number of sulfonamides is 1. The van der Waals surface area contributed by atoms with Gasteiger partial charge in [0, 0.05) is 75.0 Å². The van der Waals surface area contributed by atoms with Crippen LogP contribution in [0.2, 0.25) is 0 Å². The maximum Gasteiger partial charge on any atom is 0.490 e. The number of carbonyl (C=O) groups excluding carboxylic acids is 4. The van der Waals surface area contributed by atoms with Crippen molar-refractivity contribution in [3.8, 4) is 0 Å². The van der Waals surface area contributed by atoms with E-state index >= 15 is 0 Å². The number of carboxylic acids is 1. The third-order valence-electron chi connectivity index (χ3n) is 10.6. The molecule has 4 aromatic rings. The summed E-state index contributed by atoms with van der Waals surface area (Å²) in [4.78, 5) is 77.0. The highest BCUT2D eigenvalue weighted by molar-refractivity contribution is 7.92. The number of aromatic nitrogens is 2. The maximum absolute atomic E-state index is 13.3. The summed E-state index contributed by atoms with van der Waals surface area (Å²) in [6.07, 6.45) is -3.02. The van der Waals surface area contributed by atoms with E-state index in [-0.39, 0.29) is 24.0 Å². The fourth-order valence-corrected chi connectivity index (χ4v) is 8.02. The van der Waals surface area contributed by atoms with Crippen molar-refractivity contribution in [3.05, 3.63) is 83.4 Å². The molecular formula is C39H40F3N9O8S. The highest BCUT2D eigenvalue weighted by Gasteiger charge is 2.45. The molecule has 0 radical (unpaired) electrons. The van der Waals surface area contributed by atoms with Gasteiger partial charge in [0.1, 0.15) is 11.9 Å². The number of carboxylic acid groups (broad SMARTS) is 1. The molecule has 4 N–H and O–H groups in total. The lowest BCUT2D eigenvalue weighted by Gasteiger charge is -2.49. The van der Waals surface area contributed by atoms with Crippen molar-refractivity contribution in [1.82, 2.24) is 25.1 Å². The van der Waals surface area contributed by atoms with Crippen molar-refractivity contribution in [2.24, 2.45) is 0 Å². The zero-order valence-electron chi connectivity index (χ0n) is 32.1. The standard InChI is InChI=1S/C37H39N9O6S.C2HF3O2/c1-53(51,52)42-24-8-6-23(7-9-24)14-15-38-33-28-4-2-3-5-30(28)39-37(41-33)44-18-16-43(17-19-44)26-21-45(22-26)25-10-11-27-29(20-25)36(50)46(35(27)49)31-12-13-32(47)40-34(31)48;3-2(4,5)1(6)7/h2-11,20,26,31,42H,12-19,21-22H2,1H3,(H,38,39,41)(H,40,47,48);(H,6,7). The van der Waals surface area contributed by atoms with Gasteiger partial charge < -0.3 is 20.2 Å². The second-order valence-electron chi connectivity index (χ2n) is 14.7. The van der Waals surface area contributed by atoms with Crippen LogP contribution in [0.25, 0.3) is 10.9 Å². The molecule has 1 atom stereocenters. The zero-order valence-corrected chi connectivity index (χ0v) is 32.9. The summed E-state index contributed by atoms with van der Waals surface area (Å²) in [5.41, 5.74) is 3.89. The highest BCUT2D eigenvalue weighted by Crippen LogP contribution is 2.33. The molecule has 0 spiro atoms. The van der Waals surface area contributed by atoms with Crippen LogP contribution >= 0.6 is 0 Å². The summed E-state index contributed by atoms with van der Waals surface area (Å²) < 4.78 is 57.3. The summed E-state index contributed by atoms with van der Waals surface area (Å²) in [6.45, 7) is 5.45. The minimum absolute atomic E-state index is 0.0836. The molecule has 21 heteroatoms. The Morgan fingerprint density at radius 2 is 1.57 bits per heavy atom. The molecule has 4 aliphatic heterocycles. The van der Waals surface area contributed by atoms with Gasteiger partial charge in [0.15, 0.2) is 0 Å². The Morgan fingerprint density at radius 3 is 2.22 bits per heavy atom. The molecule has 4 aliphatic rings. The zero-order chi connectivity index (χ0) is 42.9. The number of piperazine rings is 1. The van der Waals surface area contributed by atoms with Gasteiger partial charge >= 0.3 is 12.1 Å². The smallest absolute Gasteiger partial charge is 0.475 e. The first kappa shape index (κ1) is 41.8. The van der Waals surface area contributed by atoms with Gasteiger partial charge in [0.2, 0.25) is 27.8 Å². The number of hydrogen-bond acceptors (Lipinski definition) is 13. The van der Waals surface area contributed by atoms with Crippen LogP contribution in [0.4, 0.5) is 36.3 Å². The first-order valence-electron chi connectivity index (χ1n) is 18.9. The fourth-order valence-electron chi connectivity index (χ4n) is 7.46. The lowest BCUT2D eigenvalue weighted by atomic mass is 10.0. The number of aliphatic carboxylic acids is 1. The summed E-state index contributed by atoms with van der Waals surface area (Å²) in [6, 6.07) is 19.9. The number of rotatable bonds is 10. The van der Waals surface area contributed by atoms with Crippen LogP contribution in [0.5, 0.6) is 0 Å². The van der Waals surface area contributed by atoms with Crippen molar-refractivity contribution < 1.29 is 50.7 Å². The average molecular weight is 852 g/mol. The number of anilines is 4. The molecule has 1 unspecified atom stereocenters. The summed E-state index contributed by atoms with van der Waals surface area (Å²) >= 11 is 0. The molecule has 60 heavy (non-hydrogen) atoms. The number of hydrogen-bond donors (Lipinski definition) is 4. The lowest BCUT2D eigenvalue weighted by Crippen LogP contribution is -2.63. The van der Waals surface area contributed by atoms with Gasteiger partial charge in [0.25, 0.3) is 11.8 Å². The molecule has 8 rings (SSSR count). The Bertz CT molecular complexity index is 2460. The van der Waals surface area contributed by atoms with Gasteiger partial charge in [-0.3, -0.25) is 39.0 Å². The van der Waals surface area contributed by atoms with E-state index in [0.29, 0.717) is 24.2 Å². The molecule has 0 saturated carbocycles. The summed E-state index contributed by atoms with van der Waals surface area (Å²) in [5.74, 6) is -3.32. The van der Waals surface area contributed by atoms with E-state index in [1.54, 1.807) is 24.3 Å². The van der Waals surface area contributed by atoms with E-state index in [1.807, 2.05) is 42.5 Å². The predicted octanol–water partition coefficient (Wildman–Crippen LogP) is 2.70.